The van der Waals surface area contributed by atoms with Crippen LogP contribution >= 0.6 is 0 Å². The second kappa shape index (κ2) is 8.14. The number of likely N-dealkylation sites (tertiary alicyclic amines) is 1. The number of aryl methyl sites for hydroxylation is 1. The van der Waals surface area contributed by atoms with E-state index >= 15 is 0 Å². The molecular formula is C26H33N3O. The zero-order valence-electron chi connectivity index (χ0n) is 18.1. The van der Waals surface area contributed by atoms with E-state index in [9.17, 15) is 4.79 Å². The SMILES string of the molecule is Cc1ccccc1CN1CCC(CN(Cc2cccnc2)C(=O)[C@@H]2CC23CC3)CC1. The van der Waals surface area contributed by atoms with Gasteiger partial charge in [-0.1, -0.05) is 30.3 Å². The molecule has 5 rings (SSSR count). The van der Waals surface area contributed by atoms with Gasteiger partial charge in [0.15, 0.2) is 0 Å². The number of hydrogen-bond donors (Lipinski definition) is 0. The third-order valence-electron chi connectivity index (χ3n) is 7.63. The molecule has 0 unspecified atom stereocenters. The molecule has 3 aliphatic rings. The van der Waals surface area contributed by atoms with Crippen LogP contribution in [0.25, 0.3) is 0 Å². The predicted molar refractivity (Wildman–Crippen MR) is 119 cm³/mol. The van der Waals surface area contributed by atoms with E-state index in [1.165, 1.54) is 36.8 Å². The van der Waals surface area contributed by atoms with Gasteiger partial charge in [-0.15, -0.1) is 0 Å². The van der Waals surface area contributed by atoms with Gasteiger partial charge in [-0.05, 0) is 86.2 Å². The highest BCUT2D eigenvalue weighted by Crippen LogP contribution is 2.71. The van der Waals surface area contributed by atoms with Gasteiger partial charge in [0.05, 0.1) is 0 Å². The van der Waals surface area contributed by atoms with E-state index in [-0.39, 0.29) is 0 Å². The third kappa shape index (κ3) is 4.29. The minimum atomic E-state index is 0.301. The maximum atomic E-state index is 13.3. The molecule has 3 fully saturated rings. The second-order valence-electron chi connectivity index (χ2n) is 9.85. The molecule has 1 aromatic carbocycles. The zero-order valence-corrected chi connectivity index (χ0v) is 18.1. The van der Waals surface area contributed by atoms with E-state index < -0.39 is 0 Å². The average Bonchev–Trinajstić information content (AvgIpc) is 3.70. The van der Waals surface area contributed by atoms with Crippen molar-refractivity contribution < 1.29 is 4.79 Å². The van der Waals surface area contributed by atoms with Gasteiger partial charge in [0.2, 0.25) is 5.91 Å². The first-order valence-corrected chi connectivity index (χ1v) is 11.6. The number of benzene rings is 1. The summed E-state index contributed by atoms with van der Waals surface area (Å²) in [6.45, 7) is 7.11. The Labute approximate surface area is 180 Å². The maximum absolute atomic E-state index is 13.3. The maximum Gasteiger partial charge on any atom is 0.226 e. The number of amides is 1. The Kier molecular flexibility index (Phi) is 5.36. The molecule has 4 heteroatoms. The molecule has 1 atom stereocenters. The van der Waals surface area contributed by atoms with E-state index in [1.807, 2.05) is 12.3 Å². The van der Waals surface area contributed by atoms with Gasteiger partial charge in [0.25, 0.3) is 0 Å². The summed E-state index contributed by atoms with van der Waals surface area (Å²) >= 11 is 0. The minimum absolute atomic E-state index is 0.301. The van der Waals surface area contributed by atoms with Crippen LogP contribution in [-0.2, 0) is 17.9 Å². The second-order valence-corrected chi connectivity index (χ2v) is 9.85. The number of carbonyl (C=O) groups excluding carboxylic acids is 1. The Morgan fingerprint density at radius 3 is 2.63 bits per heavy atom. The number of carbonyl (C=O) groups is 1. The van der Waals surface area contributed by atoms with Crippen molar-refractivity contribution in [3.63, 3.8) is 0 Å². The molecule has 1 aromatic heterocycles. The number of nitrogens with zero attached hydrogens (tertiary/aromatic N) is 3. The summed E-state index contributed by atoms with van der Waals surface area (Å²) in [6, 6.07) is 12.8. The van der Waals surface area contributed by atoms with Crippen LogP contribution in [0.15, 0.2) is 48.8 Å². The van der Waals surface area contributed by atoms with Crippen molar-refractivity contribution >= 4 is 5.91 Å². The molecule has 0 radical (unpaired) electrons. The molecule has 30 heavy (non-hydrogen) atoms. The van der Waals surface area contributed by atoms with E-state index in [0.717, 1.165) is 38.2 Å². The summed E-state index contributed by atoms with van der Waals surface area (Å²) in [5.41, 5.74) is 4.38. The Morgan fingerprint density at radius 1 is 1.17 bits per heavy atom. The van der Waals surface area contributed by atoms with Crippen LogP contribution in [-0.4, -0.2) is 40.3 Å². The molecule has 158 valence electrons. The van der Waals surface area contributed by atoms with Crippen molar-refractivity contribution in [1.82, 2.24) is 14.8 Å². The number of aromatic nitrogens is 1. The van der Waals surface area contributed by atoms with Gasteiger partial charge in [-0.25, -0.2) is 0 Å². The van der Waals surface area contributed by atoms with Crippen LogP contribution in [0.3, 0.4) is 0 Å². The van der Waals surface area contributed by atoms with Crippen molar-refractivity contribution in [3.8, 4) is 0 Å². The highest BCUT2D eigenvalue weighted by Gasteiger charge is 2.66. The van der Waals surface area contributed by atoms with Crippen LogP contribution in [0.1, 0.15) is 48.8 Å². The van der Waals surface area contributed by atoms with Gasteiger partial charge >= 0.3 is 0 Å². The molecule has 1 spiro atoms. The lowest BCUT2D eigenvalue weighted by Crippen LogP contribution is -2.41. The number of piperidine rings is 1. The number of hydrogen-bond acceptors (Lipinski definition) is 3. The lowest BCUT2D eigenvalue weighted by Gasteiger charge is -2.35. The van der Waals surface area contributed by atoms with E-state index in [0.29, 0.717) is 29.7 Å². The highest BCUT2D eigenvalue weighted by atomic mass is 16.2. The normalized spacial score (nSPS) is 22.8. The van der Waals surface area contributed by atoms with Crippen molar-refractivity contribution in [2.45, 2.75) is 52.1 Å². The standard InChI is InChI=1S/C26H33N3O/c1-20-5-2-3-7-23(20)19-28-13-8-21(9-14-28)17-29(18-22-6-4-12-27-16-22)25(30)24-15-26(24)10-11-26/h2-7,12,16,21,24H,8-11,13-15,17-19H2,1H3/t24-/m0/s1. The average molecular weight is 404 g/mol. The molecule has 1 amide bonds. The van der Waals surface area contributed by atoms with Crippen LogP contribution in [0.2, 0.25) is 0 Å². The first-order valence-electron chi connectivity index (χ1n) is 11.6. The molecule has 2 aliphatic carbocycles. The summed E-state index contributed by atoms with van der Waals surface area (Å²) in [7, 11) is 0. The Bertz CT molecular complexity index is 884. The molecular weight excluding hydrogens is 370 g/mol. The van der Waals surface area contributed by atoms with Crippen molar-refractivity contribution in [2.24, 2.45) is 17.3 Å². The highest BCUT2D eigenvalue weighted by molar-refractivity contribution is 5.83. The van der Waals surface area contributed by atoms with Crippen LogP contribution in [0, 0.1) is 24.2 Å². The molecule has 0 bridgehead atoms. The van der Waals surface area contributed by atoms with Gasteiger partial charge in [0, 0.05) is 37.9 Å². The van der Waals surface area contributed by atoms with Gasteiger partial charge in [-0.3, -0.25) is 14.7 Å². The Hall–Kier alpha value is -2.20. The third-order valence-corrected chi connectivity index (χ3v) is 7.63. The van der Waals surface area contributed by atoms with Gasteiger partial charge in [0.1, 0.15) is 0 Å². The first kappa shape index (κ1) is 19.7. The lowest BCUT2D eigenvalue weighted by molar-refractivity contribution is -0.134. The van der Waals surface area contributed by atoms with Crippen molar-refractivity contribution in [3.05, 3.63) is 65.5 Å². The summed E-state index contributed by atoms with van der Waals surface area (Å²) in [5, 5.41) is 0. The van der Waals surface area contributed by atoms with Crippen LogP contribution in [0.4, 0.5) is 0 Å². The summed E-state index contributed by atoms with van der Waals surface area (Å²) in [4.78, 5) is 22.3. The lowest BCUT2D eigenvalue weighted by atomic mass is 9.95. The Morgan fingerprint density at radius 2 is 1.97 bits per heavy atom. The van der Waals surface area contributed by atoms with E-state index in [1.54, 1.807) is 6.20 Å². The largest absolute Gasteiger partial charge is 0.338 e. The predicted octanol–water partition coefficient (Wildman–Crippen LogP) is 4.43. The Balaban J connectivity index is 1.19. The van der Waals surface area contributed by atoms with Crippen LogP contribution in [0.5, 0.6) is 0 Å². The zero-order chi connectivity index (χ0) is 20.6. The fourth-order valence-corrected chi connectivity index (χ4v) is 5.24. The fraction of sp³-hybridized carbons (Fsp3) is 0.538. The molecule has 2 heterocycles. The smallest absolute Gasteiger partial charge is 0.226 e. The molecule has 1 aliphatic heterocycles. The van der Waals surface area contributed by atoms with Crippen molar-refractivity contribution in [2.75, 3.05) is 19.6 Å². The van der Waals surface area contributed by atoms with Gasteiger partial charge in [-0.2, -0.15) is 0 Å². The van der Waals surface area contributed by atoms with Crippen LogP contribution < -0.4 is 0 Å². The minimum Gasteiger partial charge on any atom is -0.338 e. The molecule has 0 N–H and O–H groups in total. The summed E-state index contributed by atoms with van der Waals surface area (Å²) < 4.78 is 0. The molecule has 1 saturated heterocycles. The van der Waals surface area contributed by atoms with Crippen molar-refractivity contribution in [1.29, 1.82) is 0 Å². The summed E-state index contributed by atoms with van der Waals surface area (Å²) in [6.07, 6.45) is 9.73. The van der Waals surface area contributed by atoms with E-state index in [4.69, 9.17) is 0 Å². The number of rotatable bonds is 7. The number of pyridine rings is 1. The topological polar surface area (TPSA) is 36.4 Å². The first-order chi connectivity index (χ1) is 14.6. The molecule has 2 saturated carbocycles. The van der Waals surface area contributed by atoms with E-state index in [2.05, 4.69) is 52.0 Å². The monoisotopic (exact) mass is 403 g/mol. The van der Waals surface area contributed by atoms with Gasteiger partial charge < -0.3 is 4.90 Å². The molecule has 4 nitrogen and oxygen atoms in total. The molecule has 2 aromatic rings. The quantitative estimate of drug-likeness (QED) is 0.686. The fourth-order valence-electron chi connectivity index (χ4n) is 5.24. The summed E-state index contributed by atoms with van der Waals surface area (Å²) in [5.74, 6) is 1.31.